The van der Waals surface area contributed by atoms with Gasteiger partial charge in [-0.3, -0.25) is 0 Å². The first-order valence-corrected chi connectivity index (χ1v) is 8.75. The lowest BCUT2D eigenvalue weighted by atomic mass is 10.2. The van der Waals surface area contributed by atoms with Gasteiger partial charge in [-0.05, 0) is 24.6 Å². The highest BCUT2D eigenvalue weighted by Gasteiger charge is 2.00. The van der Waals surface area contributed by atoms with E-state index in [0.717, 1.165) is 18.0 Å². The van der Waals surface area contributed by atoms with Crippen LogP contribution in [0.15, 0.2) is 24.3 Å². The molecule has 0 aliphatic rings. The first-order chi connectivity index (χ1) is 7.97. The van der Waals surface area contributed by atoms with Crippen LogP contribution in [0.25, 0.3) is 0 Å². The average Bonchev–Trinajstić information content (AvgIpc) is 2.22. The number of aryl methyl sites for hydroxylation is 1. The van der Waals surface area contributed by atoms with Crippen LogP contribution < -0.4 is 5.32 Å². The molecule has 0 bridgehead atoms. The molecule has 0 aliphatic carbocycles. The van der Waals surface area contributed by atoms with Crippen LogP contribution in [-0.4, -0.2) is 38.5 Å². The van der Waals surface area contributed by atoms with Gasteiger partial charge < -0.3 is 5.32 Å². The van der Waals surface area contributed by atoms with Crippen LogP contribution in [0.1, 0.15) is 5.56 Å². The van der Waals surface area contributed by atoms with Crippen LogP contribution >= 0.6 is 11.8 Å². The fraction of sp³-hybridized carbons (Fsp3) is 0.500. The van der Waals surface area contributed by atoms with Crippen molar-refractivity contribution >= 4 is 27.3 Å². The van der Waals surface area contributed by atoms with Crippen LogP contribution in [-0.2, 0) is 9.84 Å². The maximum atomic E-state index is 10.9. The number of rotatable bonds is 7. The molecule has 0 aromatic heterocycles. The van der Waals surface area contributed by atoms with Gasteiger partial charge in [0.15, 0.2) is 0 Å². The minimum Gasteiger partial charge on any atom is -0.384 e. The zero-order valence-corrected chi connectivity index (χ0v) is 11.9. The lowest BCUT2D eigenvalue weighted by molar-refractivity contribution is 0.603. The summed E-state index contributed by atoms with van der Waals surface area (Å²) in [5, 5.41) is 3.31. The van der Waals surface area contributed by atoms with Crippen molar-refractivity contribution in [2.75, 3.05) is 35.4 Å². The quantitative estimate of drug-likeness (QED) is 0.774. The fourth-order valence-corrected chi connectivity index (χ4v) is 3.47. The van der Waals surface area contributed by atoms with E-state index < -0.39 is 9.84 Å². The summed E-state index contributed by atoms with van der Waals surface area (Å²) in [5.74, 6) is 1.86. The van der Waals surface area contributed by atoms with E-state index in [0.29, 0.717) is 5.75 Å². The van der Waals surface area contributed by atoms with Crippen LogP contribution in [0.2, 0.25) is 0 Å². The SMILES string of the molecule is Cc1cccc(NCCSCCS(C)(=O)=O)c1. The van der Waals surface area contributed by atoms with Gasteiger partial charge in [0.25, 0.3) is 0 Å². The van der Waals surface area contributed by atoms with Gasteiger partial charge in [-0.15, -0.1) is 0 Å². The summed E-state index contributed by atoms with van der Waals surface area (Å²) in [5.41, 5.74) is 2.36. The number of benzene rings is 1. The standard InChI is InChI=1S/C12H19NO2S2/c1-11-4-3-5-12(10-11)13-6-7-16-8-9-17(2,14)15/h3-5,10,13H,6-9H2,1-2H3. The Morgan fingerprint density at radius 1 is 1.29 bits per heavy atom. The maximum Gasteiger partial charge on any atom is 0.148 e. The number of nitrogens with one attached hydrogen (secondary N) is 1. The third-order valence-electron chi connectivity index (χ3n) is 2.19. The topological polar surface area (TPSA) is 46.2 Å². The van der Waals surface area contributed by atoms with Crippen molar-refractivity contribution in [3.63, 3.8) is 0 Å². The van der Waals surface area contributed by atoms with Gasteiger partial charge >= 0.3 is 0 Å². The van der Waals surface area contributed by atoms with Gasteiger partial charge in [-0.25, -0.2) is 8.42 Å². The van der Waals surface area contributed by atoms with Crippen LogP contribution in [0, 0.1) is 6.92 Å². The Labute approximate surface area is 108 Å². The molecule has 5 heteroatoms. The van der Waals surface area contributed by atoms with Gasteiger partial charge in [-0.1, -0.05) is 12.1 Å². The summed E-state index contributed by atoms with van der Waals surface area (Å²) in [6, 6.07) is 8.22. The van der Waals surface area contributed by atoms with Crippen molar-refractivity contribution in [3.05, 3.63) is 29.8 Å². The minimum absolute atomic E-state index is 0.266. The lowest BCUT2D eigenvalue weighted by Crippen LogP contribution is -2.08. The Hall–Kier alpha value is -0.680. The molecule has 0 radical (unpaired) electrons. The first kappa shape index (κ1) is 14.4. The van der Waals surface area contributed by atoms with E-state index in [4.69, 9.17) is 0 Å². The molecule has 0 fully saturated rings. The fourth-order valence-electron chi connectivity index (χ4n) is 1.33. The van der Waals surface area contributed by atoms with E-state index >= 15 is 0 Å². The lowest BCUT2D eigenvalue weighted by Gasteiger charge is -2.06. The highest BCUT2D eigenvalue weighted by atomic mass is 32.2. The molecule has 0 atom stereocenters. The highest BCUT2D eigenvalue weighted by Crippen LogP contribution is 2.09. The van der Waals surface area contributed by atoms with Crippen LogP contribution in [0.4, 0.5) is 5.69 Å². The third kappa shape index (κ3) is 7.28. The van der Waals surface area contributed by atoms with E-state index in [9.17, 15) is 8.42 Å². The first-order valence-electron chi connectivity index (χ1n) is 5.53. The smallest absolute Gasteiger partial charge is 0.148 e. The summed E-state index contributed by atoms with van der Waals surface area (Å²) >= 11 is 1.66. The van der Waals surface area contributed by atoms with Gasteiger partial charge in [0, 0.05) is 30.0 Å². The molecule has 0 amide bonds. The van der Waals surface area contributed by atoms with Crippen LogP contribution in [0.3, 0.4) is 0 Å². The van der Waals surface area contributed by atoms with Crippen molar-refractivity contribution < 1.29 is 8.42 Å². The Kier molecular flexibility index (Phi) is 5.85. The molecule has 96 valence electrons. The Balaban J connectivity index is 2.13. The second-order valence-corrected chi connectivity index (χ2v) is 7.52. The summed E-state index contributed by atoms with van der Waals surface area (Å²) in [4.78, 5) is 0. The molecule has 1 N–H and O–H groups in total. The molecule has 1 rings (SSSR count). The second-order valence-electron chi connectivity index (χ2n) is 4.04. The summed E-state index contributed by atoms with van der Waals surface area (Å²) in [7, 11) is -2.81. The number of sulfone groups is 1. The molecule has 17 heavy (non-hydrogen) atoms. The van der Waals surface area contributed by atoms with E-state index in [-0.39, 0.29) is 5.75 Å². The van der Waals surface area contributed by atoms with Crippen molar-refractivity contribution in [1.82, 2.24) is 0 Å². The molecular formula is C12H19NO2S2. The number of hydrogen-bond acceptors (Lipinski definition) is 4. The van der Waals surface area contributed by atoms with Crippen molar-refractivity contribution in [2.45, 2.75) is 6.92 Å². The van der Waals surface area contributed by atoms with Gasteiger partial charge in [0.2, 0.25) is 0 Å². The third-order valence-corrected chi connectivity index (χ3v) is 4.38. The monoisotopic (exact) mass is 273 g/mol. The highest BCUT2D eigenvalue weighted by molar-refractivity contribution is 8.00. The summed E-state index contributed by atoms with van der Waals surface area (Å²) in [6.45, 7) is 2.92. The summed E-state index contributed by atoms with van der Waals surface area (Å²) in [6.07, 6.45) is 1.28. The molecule has 0 saturated carbocycles. The number of thioether (sulfide) groups is 1. The molecule has 3 nitrogen and oxygen atoms in total. The van der Waals surface area contributed by atoms with Gasteiger partial charge in [-0.2, -0.15) is 11.8 Å². The minimum atomic E-state index is -2.81. The Morgan fingerprint density at radius 3 is 2.71 bits per heavy atom. The van der Waals surface area contributed by atoms with Crippen molar-refractivity contribution in [2.24, 2.45) is 0 Å². The van der Waals surface area contributed by atoms with Crippen LogP contribution in [0.5, 0.6) is 0 Å². The predicted octanol–water partition coefficient (Wildman–Crippen LogP) is 2.18. The molecule has 1 aromatic rings. The molecule has 0 aliphatic heterocycles. The predicted molar refractivity (Wildman–Crippen MR) is 76.7 cm³/mol. The Bertz CT molecular complexity index is 444. The molecule has 0 saturated heterocycles. The number of anilines is 1. The largest absolute Gasteiger partial charge is 0.384 e. The second kappa shape index (κ2) is 6.91. The zero-order chi connectivity index (χ0) is 12.7. The number of hydrogen-bond donors (Lipinski definition) is 1. The molecule has 0 heterocycles. The molecule has 0 unspecified atom stereocenters. The van der Waals surface area contributed by atoms with Gasteiger partial charge in [0.1, 0.15) is 9.84 Å². The van der Waals surface area contributed by atoms with E-state index in [1.165, 1.54) is 11.8 Å². The average molecular weight is 273 g/mol. The van der Waals surface area contributed by atoms with E-state index in [1.54, 1.807) is 11.8 Å². The molecule has 0 spiro atoms. The van der Waals surface area contributed by atoms with E-state index in [2.05, 4.69) is 24.4 Å². The maximum absolute atomic E-state index is 10.9. The molecular weight excluding hydrogens is 254 g/mol. The van der Waals surface area contributed by atoms with E-state index in [1.807, 2.05) is 12.1 Å². The van der Waals surface area contributed by atoms with Crippen molar-refractivity contribution in [1.29, 1.82) is 0 Å². The molecule has 1 aromatic carbocycles. The summed E-state index contributed by atoms with van der Waals surface area (Å²) < 4.78 is 21.8. The van der Waals surface area contributed by atoms with Gasteiger partial charge in [0.05, 0.1) is 5.75 Å². The van der Waals surface area contributed by atoms with Crippen molar-refractivity contribution in [3.8, 4) is 0 Å². The Morgan fingerprint density at radius 2 is 2.06 bits per heavy atom. The zero-order valence-electron chi connectivity index (χ0n) is 10.3. The normalized spacial score (nSPS) is 11.4.